The van der Waals surface area contributed by atoms with Crippen LogP contribution in [0.5, 0.6) is 0 Å². The molecule has 3 rings (SSSR count). The number of aryl methyl sites for hydroxylation is 1. The molecular weight excluding hydrogens is 205 g/mol. The van der Waals surface area contributed by atoms with Crippen molar-refractivity contribution in [2.24, 2.45) is 7.05 Å². The van der Waals surface area contributed by atoms with Crippen molar-refractivity contribution in [1.29, 1.82) is 0 Å². The van der Waals surface area contributed by atoms with Crippen LogP contribution in [0.3, 0.4) is 0 Å². The molecule has 1 aromatic carbocycles. The van der Waals surface area contributed by atoms with E-state index >= 15 is 0 Å². The van der Waals surface area contributed by atoms with Crippen LogP contribution in [0.4, 0.5) is 4.39 Å². The molecular formula is C12H14FN3. The normalized spacial score (nSPS) is 20.8. The summed E-state index contributed by atoms with van der Waals surface area (Å²) in [6.07, 6.45) is 2.25. The Hall–Kier alpha value is -1.42. The fourth-order valence-electron chi connectivity index (χ4n) is 2.46. The first-order valence-electron chi connectivity index (χ1n) is 5.61. The Balaban J connectivity index is 2.19. The van der Waals surface area contributed by atoms with Crippen LogP contribution < -0.4 is 5.32 Å². The molecule has 3 nitrogen and oxygen atoms in total. The van der Waals surface area contributed by atoms with Crippen LogP contribution in [0.2, 0.25) is 0 Å². The van der Waals surface area contributed by atoms with E-state index in [2.05, 4.69) is 10.3 Å². The second-order valence-corrected chi connectivity index (χ2v) is 4.29. The predicted octanol–water partition coefficient (Wildman–Crippen LogP) is 2.14. The molecule has 1 aliphatic heterocycles. The summed E-state index contributed by atoms with van der Waals surface area (Å²) in [5, 5.41) is 3.39. The molecule has 16 heavy (non-hydrogen) atoms. The van der Waals surface area contributed by atoms with Gasteiger partial charge in [-0.1, -0.05) is 6.07 Å². The van der Waals surface area contributed by atoms with Crippen LogP contribution in [-0.4, -0.2) is 16.1 Å². The molecule has 2 aromatic rings. The van der Waals surface area contributed by atoms with E-state index in [4.69, 9.17) is 0 Å². The summed E-state index contributed by atoms with van der Waals surface area (Å²) >= 11 is 0. The zero-order chi connectivity index (χ0) is 11.1. The van der Waals surface area contributed by atoms with Gasteiger partial charge in [-0.3, -0.25) is 0 Å². The molecule has 0 spiro atoms. The van der Waals surface area contributed by atoms with Crippen molar-refractivity contribution >= 4 is 11.0 Å². The molecule has 0 amide bonds. The SMILES string of the molecule is Cn1c([C@@H]2CCCN2)nc2cccc(F)c21. The summed E-state index contributed by atoms with van der Waals surface area (Å²) < 4.78 is 15.5. The molecule has 4 heteroatoms. The largest absolute Gasteiger partial charge is 0.327 e. The summed E-state index contributed by atoms with van der Waals surface area (Å²) in [5.74, 6) is 0.745. The number of hydrogen-bond donors (Lipinski definition) is 1. The Bertz CT molecular complexity index is 526. The van der Waals surface area contributed by atoms with E-state index in [1.807, 2.05) is 17.7 Å². The highest BCUT2D eigenvalue weighted by Crippen LogP contribution is 2.26. The molecule has 84 valence electrons. The van der Waals surface area contributed by atoms with Crippen molar-refractivity contribution in [2.75, 3.05) is 6.54 Å². The number of hydrogen-bond acceptors (Lipinski definition) is 2. The maximum absolute atomic E-state index is 13.7. The van der Waals surface area contributed by atoms with E-state index in [9.17, 15) is 4.39 Å². The number of nitrogens with one attached hydrogen (secondary N) is 1. The first kappa shape index (κ1) is 9.78. The van der Waals surface area contributed by atoms with Crippen LogP contribution in [0.25, 0.3) is 11.0 Å². The molecule has 1 N–H and O–H groups in total. The summed E-state index contributed by atoms with van der Waals surface area (Å²) in [6, 6.07) is 5.32. The molecule has 0 saturated carbocycles. The van der Waals surface area contributed by atoms with Crippen molar-refractivity contribution in [1.82, 2.24) is 14.9 Å². The lowest BCUT2D eigenvalue weighted by atomic mass is 10.2. The summed E-state index contributed by atoms with van der Waals surface area (Å²) in [7, 11) is 1.88. The van der Waals surface area contributed by atoms with Crippen LogP contribution in [0.1, 0.15) is 24.7 Å². The van der Waals surface area contributed by atoms with Crippen LogP contribution in [-0.2, 0) is 7.05 Å². The third-order valence-electron chi connectivity index (χ3n) is 3.25. The Morgan fingerprint density at radius 3 is 3.06 bits per heavy atom. The number of aromatic nitrogens is 2. The first-order chi connectivity index (χ1) is 7.77. The zero-order valence-corrected chi connectivity index (χ0v) is 9.20. The fourth-order valence-corrected chi connectivity index (χ4v) is 2.46. The number of halogens is 1. The number of para-hydroxylation sites is 1. The third-order valence-corrected chi connectivity index (χ3v) is 3.25. The van der Waals surface area contributed by atoms with Crippen molar-refractivity contribution in [3.05, 3.63) is 29.8 Å². The number of benzene rings is 1. The average Bonchev–Trinajstić information content (AvgIpc) is 2.86. The van der Waals surface area contributed by atoms with Crippen molar-refractivity contribution < 1.29 is 4.39 Å². The van der Waals surface area contributed by atoms with E-state index in [1.165, 1.54) is 6.07 Å². The van der Waals surface area contributed by atoms with E-state index in [0.717, 1.165) is 30.7 Å². The Morgan fingerprint density at radius 1 is 1.50 bits per heavy atom. The molecule has 0 unspecified atom stereocenters. The van der Waals surface area contributed by atoms with Gasteiger partial charge in [0.05, 0.1) is 11.6 Å². The van der Waals surface area contributed by atoms with E-state index < -0.39 is 0 Å². The van der Waals surface area contributed by atoms with Gasteiger partial charge in [-0.15, -0.1) is 0 Å². The average molecular weight is 219 g/mol. The maximum atomic E-state index is 13.7. The minimum absolute atomic E-state index is 0.197. The standard InChI is InChI=1S/C12H14FN3/c1-16-11-8(13)4-2-5-9(11)15-12(16)10-6-3-7-14-10/h2,4-5,10,14H,3,6-7H2,1H3/t10-/m0/s1. The van der Waals surface area contributed by atoms with Crippen molar-refractivity contribution in [2.45, 2.75) is 18.9 Å². The molecule has 2 heterocycles. The van der Waals surface area contributed by atoms with Gasteiger partial charge in [0, 0.05) is 7.05 Å². The lowest BCUT2D eigenvalue weighted by Gasteiger charge is -2.09. The van der Waals surface area contributed by atoms with Gasteiger partial charge in [-0.05, 0) is 31.5 Å². The quantitative estimate of drug-likeness (QED) is 0.796. The minimum Gasteiger partial charge on any atom is -0.327 e. The number of nitrogens with zero attached hydrogens (tertiary/aromatic N) is 2. The summed E-state index contributed by atoms with van der Waals surface area (Å²) in [6.45, 7) is 1.02. The minimum atomic E-state index is -0.197. The van der Waals surface area contributed by atoms with Gasteiger partial charge in [0.15, 0.2) is 0 Å². The van der Waals surface area contributed by atoms with Crippen LogP contribution in [0.15, 0.2) is 18.2 Å². The maximum Gasteiger partial charge on any atom is 0.149 e. The molecule has 1 atom stereocenters. The van der Waals surface area contributed by atoms with E-state index in [0.29, 0.717) is 5.52 Å². The van der Waals surface area contributed by atoms with Gasteiger partial charge in [0.2, 0.25) is 0 Å². The first-order valence-corrected chi connectivity index (χ1v) is 5.61. The summed E-state index contributed by atoms with van der Waals surface area (Å²) in [4.78, 5) is 4.52. The Morgan fingerprint density at radius 2 is 2.38 bits per heavy atom. The highest BCUT2D eigenvalue weighted by molar-refractivity contribution is 5.76. The van der Waals surface area contributed by atoms with Gasteiger partial charge in [0.1, 0.15) is 17.2 Å². The monoisotopic (exact) mass is 219 g/mol. The number of imidazole rings is 1. The third kappa shape index (κ3) is 1.33. The molecule has 0 bridgehead atoms. The lowest BCUT2D eigenvalue weighted by Crippen LogP contribution is -2.16. The van der Waals surface area contributed by atoms with E-state index in [-0.39, 0.29) is 11.9 Å². The van der Waals surface area contributed by atoms with Crippen LogP contribution in [0, 0.1) is 5.82 Å². The second kappa shape index (κ2) is 3.56. The zero-order valence-electron chi connectivity index (χ0n) is 9.20. The van der Waals surface area contributed by atoms with Crippen molar-refractivity contribution in [3.8, 4) is 0 Å². The number of rotatable bonds is 1. The molecule has 1 aromatic heterocycles. The van der Waals surface area contributed by atoms with Gasteiger partial charge in [-0.25, -0.2) is 9.37 Å². The lowest BCUT2D eigenvalue weighted by molar-refractivity contribution is 0.578. The van der Waals surface area contributed by atoms with Crippen molar-refractivity contribution in [3.63, 3.8) is 0 Å². The number of fused-ring (bicyclic) bond motifs is 1. The van der Waals surface area contributed by atoms with Gasteiger partial charge >= 0.3 is 0 Å². The Labute approximate surface area is 93.3 Å². The van der Waals surface area contributed by atoms with Gasteiger partial charge in [0.25, 0.3) is 0 Å². The molecule has 1 saturated heterocycles. The molecule has 1 fully saturated rings. The Kier molecular flexibility index (Phi) is 2.17. The predicted molar refractivity (Wildman–Crippen MR) is 60.6 cm³/mol. The molecule has 0 radical (unpaired) electrons. The highest BCUT2D eigenvalue weighted by Gasteiger charge is 2.22. The van der Waals surface area contributed by atoms with Gasteiger partial charge < -0.3 is 9.88 Å². The fraction of sp³-hybridized carbons (Fsp3) is 0.417. The van der Waals surface area contributed by atoms with E-state index in [1.54, 1.807) is 6.07 Å². The highest BCUT2D eigenvalue weighted by atomic mass is 19.1. The van der Waals surface area contributed by atoms with Gasteiger partial charge in [-0.2, -0.15) is 0 Å². The summed E-state index contributed by atoms with van der Waals surface area (Å²) in [5.41, 5.74) is 1.34. The topological polar surface area (TPSA) is 29.9 Å². The molecule has 0 aliphatic carbocycles. The molecule has 1 aliphatic rings. The second-order valence-electron chi connectivity index (χ2n) is 4.29. The smallest absolute Gasteiger partial charge is 0.149 e. The van der Waals surface area contributed by atoms with Crippen LogP contribution >= 0.6 is 0 Å².